The molecule has 1 saturated heterocycles. The lowest BCUT2D eigenvalue weighted by Crippen LogP contribution is -2.41. The van der Waals surface area contributed by atoms with Crippen LogP contribution in [0.5, 0.6) is 0 Å². The molecular formula is C10H21ClN2O2. The van der Waals surface area contributed by atoms with Crippen LogP contribution in [0.1, 0.15) is 26.2 Å². The molecule has 2 N–H and O–H groups in total. The molecule has 0 saturated carbocycles. The van der Waals surface area contributed by atoms with E-state index in [0.717, 1.165) is 39.0 Å². The highest BCUT2D eigenvalue weighted by atomic mass is 35.5. The molecule has 1 fully saturated rings. The van der Waals surface area contributed by atoms with E-state index >= 15 is 0 Å². The van der Waals surface area contributed by atoms with Crippen molar-refractivity contribution in [2.75, 3.05) is 26.2 Å². The van der Waals surface area contributed by atoms with Crippen molar-refractivity contribution in [1.29, 1.82) is 0 Å². The maximum absolute atomic E-state index is 11.5. The van der Waals surface area contributed by atoms with E-state index < -0.39 is 0 Å². The number of amides is 1. The molecule has 0 aromatic rings. The molecule has 1 amide bonds. The van der Waals surface area contributed by atoms with E-state index in [2.05, 4.69) is 10.6 Å². The van der Waals surface area contributed by atoms with Crippen LogP contribution in [0.4, 0.5) is 0 Å². The minimum absolute atomic E-state index is 0. The number of hydrogen-bond acceptors (Lipinski definition) is 3. The second kappa shape index (κ2) is 8.95. The first-order chi connectivity index (χ1) is 6.84. The fraction of sp³-hybridized carbons (Fsp3) is 0.900. The monoisotopic (exact) mass is 236 g/mol. The summed E-state index contributed by atoms with van der Waals surface area (Å²) in [6.07, 6.45) is 2.85. The first-order valence-corrected chi connectivity index (χ1v) is 5.44. The van der Waals surface area contributed by atoms with Crippen LogP contribution < -0.4 is 10.6 Å². The Labute approximate surface area is 97.5 Å². The average molecular weight is 237 g/mol. The highest BCUT2D eigenvalue weighted by molar-refractivity contribution is 5.85. The van der Waals surface area contributed by atoms with Gasteiger partial charge in [-0.1, -0.05) is 6.92 Å². The fourth-order valence-electron chi connectivity index (χ4n) is 1.51. The van der Waals surface area contributed by atoms with Crippen LogP contribution in [0.15, 0.2) is 0 Å². The van der Waals surface area contributed by atoms with Crippen molar-refractivity contribution in [2.45, 2.75) is 32.3 Å². The molecular weight excluding hydrogens is 216 g/mol. The molecule has 0 spiro atoms. The smallest absolute Gasteiger partial charge is 0.249 e. The Morgan fingerprint density at radius 3 is 2.80 bits per heavy atom. The van der Waals surface area contributed by atoms with E-state index in [1.165, 1.54) is 0 Å². The summed E-state index contributed by atoms with van der Waals surface area (Å²) in [7, 11) is 0. The number of rotatable bonds is 5. The number of halogens is 1. The van der Waals surface area contributed by atoms with E-state index in [1.54, 1.807) is 0 Å². The summed E-state index contributed by atoms with van der Waals surface area (Å²) in [6.45, 7) is 5.23. The van der Waals surface area contributed by atoms with Crippen LogP contribution in [0, 0.1) is 0 Å². The summed E-state index contributed by atoms with van der Waals surface area (Å²) in [5, 5.41) is 6.01. The molecule has 90 valence electrons. The van der Waals surface area contributed by atoms with E-state index in [0.29, 0.717) is 6.54 Å². The number of likely N-dealkylation sites (N-methyl/N-ethyl adjacent to an activating group) is 1. The molecule has 5 heteroatoms. The predicted octanol–water partition coefficient (Wildman–Crippen LogP) is 0.703. The maximum Gasteiger partial charge on any atom is 0.249 e. The Kier molecular flexibility index (Phi) is 8.76. The van der Waals surface area contributed by atoms with Gasteiger partial charge >= 0.3 is 0 Å². The Morgan fingerprint density at radius 1 is 1.40 bits per heavy atom. The van der Waals surface area contributed by atoms with Crippen molar-refractivity contribution in [3.05, 3.63) is 0 Å². The molecule has 1 heterocycles. The third kappa shape index (κ3) is 5.97. The Morgan fingerprint density at radius 2 is 2.20 bits per heavy atom. The Hall–Kier alpha value is -0.320. The van der Waals surface area contributed by atoms with Crippen LogP contribution in [0.3, 0.4) is 0 Å². The number of hydrogen-bond donors (Lipinski definition) is 2. The normalized spacial score (nSPS) is 20.5. The van der Waals surface area contributed by atoms with Crippen LogP contribution in [0.2, 0.25) is 0 Å². The van der Waals surface area contributed by atoms with Gasteiger partial charge in [0.05, 0.1) is 0 Å². The van der Waals surface area contributed by atoms with Crippen molar-refractivity contribution in [3.63, 3.8) is 0 Å². The van der Waals surface area contributed by atoms with Gasteiger partial charge in [-0.3, -0.25) is 4.79 Å². The zero-order chi connectivity index (χ0) is 10.2. The number of ether oxygens (including phenoxy) is 1. The van der Waals surface area contributed by atoms with E-state index in [-0.39, 0.29) is 24.4 Å². The number of carbonyl (C=O) groups is 1. The summed E-state index contributed by atoms with van der Waals surface area (Å²) < 4.78 is 5.36. The van der Waals surface area contributed by atoms with Gasteiger partial charge in [0.25, 0.3) is 0 Å². The van der Waals surface area contributed by atoms with Crippen molar-refractivity contribution >= 4 is 18.3 Å². The van der Waals surface area contributed by atoms with Gasteiger partial charge in [0, 0.05) is 19.7 Å². The third-order valence-electron chi connectivity index (χ3n) is 2.32. The van der Waals surface area contributed by atoms with Gasteiger partial charge in [-0.05, 0) is 25.8 Å². The molecule has 1 unspecified atom stereocenters. The maximum atomic E-state index is 11.5. The standard InChI is InChI=1S/C10H20N2O2.ClH/c1-2-11-6-7-12-10(13)9-5-3-4-8-14-9;/h9,11H,2-8H2,1H3,(H,12,13);1H. The van der Waals surface area contributed by atoms with E-state index in [4.69, 9.17) is 4.74 Å². The highest BCUT2D eigenvalue weighted by Gasteiger charge is 2.20. The topological polar surface area (TPSA) is 50.4 Å². The van der Waals surface area contributed by atoms with Gasteiger partial charge < -0.3 is 15.4 Å². The van der Waals surface area contributed by atoms with Crippen LogP contribution in [0.25, 0.3) is 0 Å². The molecule has 1 aliphatic rings. The zero-order valence-corrected chi connectivity index (χ0v) is 10.1. The number of nitrogens with one attached hydrogen (secondary N) is 2. The average Bonchev–Trinajstić information content (AvgIpc) is 2.25. The molecule has 0 aromatic carbocycles. The molecule has 1 rings (SSSR count). The summed E-state index contributed by atoms with van der Waals surface area (Å²) in [6, 6.07) is 0. The zero-order valence-electron chi connectivity index (χ0n) is 9.25. The van der Waals surface area contributed by atoms with Gasteiger partial charge in [0.2, 0.25) is 5.91 Å². The SMILES string of the molecule is CCNCCNC(=O)C1CCCCO1.Cl. The van der Waals surface area contributed by atoms with Gasteiger partial charge in [-0.25, -0.2) is 0 Å². The number of carbonyl (C=O) groups excluding carboxylic acids is 1. The van der Waals surface area contributed by atoms with Crippen LogP contribution in [-0.4, -0.2) is 38.3 Å². The van der Waals surface area contributed by atoms with Crippen molar-refractivity contribution in [3.8, 4) is 0 Å². The highest BCUT2D eigenvalue weighted by Crippen LogP contribution is 2.12. The Bertz CT molecular complexity index is 173. The Balaban J connectivity index is 0.00000196. The summed E-state index contributed by atoms with van der Waals surface area (Å²) in [5.41, 5.74) is 0. The second-order valence-electron chi connectivity index (χ2n) is 3.50. The molecule has 0 bridgehead atoms. The van der Waals surface area contributed by atoms with Gasteiger partial charge in [-0.2, -0.15) is 0 Å². The van der Waals surface area contributed by atoms with E-state index in [9.17, 15) is 4.79 Å². The summed E-state index contributed by atoms with van der Waals surface area (Å²) in [5.74, 6) is 0.0441. The summed E-state index contributed by atoms with van der Waals surface area (Å²) >= 11 is 0. The molecule has 1 aliphatic heterocycles. The lowest BCUT2D eigenvalue weighted by molar-refractivity contribution is -0.135. The third-order valence-corrected chi connectivity index (χ3v) is 2.32. The fourth-order valence-corrected chi connectivity index (χ4v) is 1.51. The molecule has 0 radical (unpaired) electrons. The second-order valence-corrected chi connectivity index (χ2v) is 3.50. The largest absolute Gasteiger partial charge is 0.368 e. The molecule has 4 nitrogen and oxygen atoms in total. The molecule has 0 aromatic heterocycles. The van der Waals surface area contributed by atoms with Gasteiger partial charge in [-0.15, -0.1) is 12.4 Å². The van der Waals surface area contributed by atoms with Gasteiger partial charge in [0.1, 0.15) is 6.10 Å². The van der Waals surface area contributed by atoms with Crippen molar-refractivity contribution < 1.29 is 9.53 Å². The minimum atomic E-state index is -0.203. The van der Waals surface area contributed by atoms with Gasteiger partial charge in [0.15, 0.2) is 0 Å². The minimum Gasteiger partial charge on any atom is -0.368 e. The molecule has 15 heavy (non-hydrogen) atoms. The quantitative estimate of drug-likeness (QED) is 0.691. The van der Waals surface area contributed by atoms with Crippen LogP contribution >= 0.6 is 12.4 Å². The first kappa shape index (κ1) is 14.7. The summed E-state index contributed by atoms with van der Waals surface area (Å²) in [4.78, 5) is 11.5. The lowest BCUT2D eigenvalue weighted by atomic mass is 10.1. The predicted molar refractivity (Wildman–Crippen MR) is 62.4 cm³/mol. The van der Waals surface area contributed by atoms with Crippen molar-refractivity contribution in [1.82, 2.24) is 10.6 Å². The lowest BCUT2D eigenvalue weighted by Gasteiger charge is -2.21. The van der Waals surface area contributed by atoms with Crippen LogP contribution in [-0.2, 0) is 9.53 Å². The first-order valence-electron chi connectivity index (χ1n) is 5.44. The van der Waals surface area contributed by atoms with E-state index in [1.807, 2.05) is 6.92 Å². The molecule has 0 aliphatic carbocycles. The van der Waals surface area contributed by atoms with Crippen molar-refractivity contribution in [2.24, 2.45) is 0 Å². The molecule has 1 atom stereocenters.